The summed E-state index contributed by atoms with van der Waals surface area (Å²) >= 11 is 3.51. The summed E-state index contributed by atoms with van der Waals surface area (Å²) < 4.78 is 2.36. The third kappa shape index (κ3) is 4.51. The molecule has 0 aliphatic carbocycles. The molecule has 4 heteroatoms. The largest absolute Gasteiger partial charge is 0.236 e. The van der Waals surface area contributed by atoms with Gasteiger partial charge < -0.3 is 0 Å². The standard InChI is InChI=1S/C50H28N2S2/c1-3-13-37-33(9-1)35-11-5-7-15-39(35)43-25-29(17-21-41(37)43)30-19-23-45-47(27-30)53-50(52-45)32-20-24-46-48(28-32)54-49(51-46)31-18-22-42-38-14-4-2-10-34(38)36-12-6-8-16-40(36)44(42)26-31/h1-28H. The third-order valence-corrected chi connectivity index (χ3v) is 13.2. The lowest BCUT2D eigenvalue weighted by Crippen LogP contribution is -1.85. The summed E-state index contributed by atoms with van der Waals surface area (Å²) in [6, 6.07) is 62.0. The van der Waals surface area contributed by atoms with Gasteiger partial charge in [-0.2, -0.15) is 0 Å². The summed E-state index contributed by atoms with van der Waals surface area (Å²) in [6.45, 7) is 0. The molecule has 0 unspecified atom stereocenters. The lowest BCUT2D eigenvalue weighted by atomic mass is 9.92. The second kappa shape index (κ2) is 11.5. The summed E-state index contributed by atoms with van der Waals surface area (Å²) in [5.41, 5.74) is 6.73. The minimum atomic E-state index is 1.02. The Bertz CT molecular complexity index is 3290. The molecule has 0 saturated carbocycles. The molecular weight excluding hydrogens is 693 g/mol. The highest BCUT2D eigenvalue weighted by molar-refractivity contribution is 7.22. The van der Waals surface area contributed by atoms with Crippen molar-refractivity contribution in [3.8, 4) is 32.3 Å². The molecule has 0 fully saturated rings. The summed E-state index contributed by atoms with van der Waals surface area (Å²) in [5.74, 6) is 0. The lowest BCUT2D eigenvalue weighted by Gasteiger charge is -2.12. The average Bonchev–Trinajstić information content (AvgIpc) is 3.88. The Hall–Kier alpha value is -6.46. The Morgan fingerprint density at radius 2 is 0.556 bits per heavy atom. The maximum Gasteiger partial charge on any atom is 0.124 e. The molecule has 0 bridgehead atoms. The number of aromatic nitrogens is 2. The highest BCUT2D eigenvalue weighted by atomic mass is 32.1. The summed E-state index contributed by atoms with van der Waals surface area (Å²) in [4.78, 5) is 10.2. The first-order valence-corrected chi connectivity index (χ1v) is 19.9. The van der Waals surface area contributed by atoms with Gasteiger partial charge in [-0.05, 0) is 118 Å². The van der Waals surface area contributed by atoms with E-state index in [9.17, 15) is 0 Å². The monoisotopic (exact) mass is 720 g/mol. The Kier molecular flexibility index (Phi) is 6.41. The Morgan fingerprint density at radius 1 is 0.259 bits per heavy atom. The molecule has 10 aromatic carbocycles. The van der Waals surface area contributed by atoms with Crippen LogP contribution >= 0.6 is 22.7 Å². The number of rotatable bonds is 3. The maximum absolute atomic E-state index is 5.11. The van der Waals surface area contributed by atoms with Gasteiger partial charge in [-0.25, -0.2) is 9.97 Å². The molecule has 0 radical (unpaired) electrons. The number of hydrogen-bond donors (Lipinski definition) is 0. The smallest absolute Gasteiger partial charge is 0.124 e. The van der Waals surface area contributed by atoms with Crippen LogP contribution in [0.5, 0.6) is 0 Å². The second-order valence-electron chi connectivity index (χ2n) is 14.1. The molecule has 0 atom stereocenters. The van der Waals surface area contributed by atoms with Gasteiger partial charge in [0.2, 0.25) is 0 Å². The van der Waals surface area contributed by atoms with Crippen LogP contribution in [0.3, 0.4) is 0 Å². The maximum atomic E-state index is 5.11. The van der Waals surface area contributed by atoms with Gasteiger partial charge >= 0.3 is 0 Å². The number of nitrogens with zero attached hydrogens (tertiary/aromatic N) is 2. The summed E-state index contributed by atoms with van der Waals surface area (Å²) in [5, 5.41) is 17.5. The van der Waals surface area contributed by atoms with Crippen LogP contribution in [-0.4, -0.2) is 9.97 Å². The SMILES string of the molecule is c1ccc2c(c1)c1ccccc1c1cc(-c3ccc4nc(-c5ccc6nc(-c7ccc8c9ccccc9c9ccccc9c8c7)sc6c5)sc4c3)ccc21. The lowest BCUT2D eigenvalue weighted by molar-refractivity contribution is 1.47. The van der Waals surface area contributed by atoms with Gasteiger partial charge in [-0.1, -0.05) is 127 Å². The van der Waals surface area contributed by atoms with Crippen molar-refractivity contribution in [2.45, 2.75) is 0 Å². The quantitative estimate of drug-likeness (QED) is 0.170. The molecule has 2 heterocycles. The van der Waals surface area contributed by atoms with Gasteiger partial charge in [0.05, 0.1) is 20.4 Å². The number of thiazole rings is 2. The van der Waals surface area contributed by atoms with Crippen LogP contribution in [-0.2, 0) is 0 Å². The summed E-state index contributed by atoms with van der Waals surface area (Å²) in [7, 11) is 0. The molecule has 12 aromatic rings. The van der Waals surface area contributed by atoms with Crippen molar-refractivity contribution in [3.05, 3.63) is 170 Å². The van der Waals surface area contributed by atoms with Crippen molar-refractivity contribution in [3.63, 3.8) is 0 Å². The van der Waals surface area contributed by atoms with E-state index >= 15 is 0 Å². The topological polar surface area (TPSA) is 25.8 Å². The van der Waals surface area contributed by atoms with Crippen molar-refractivity contribution < 1.29 is 0 Å². The molecule has 0 spiro atoms. The van der Waals surface area contributed by atoms with Crippen molar-refractivity contribution in [1.29, 1.82) is 0 Å². The fourth-order valence-corrected chi connectivity index (χ4v) is 10.5. The zero-order chi connectivity index (χ0) is 35.3. The second-order valence-corrected chi connectivity index (χ2v) is 16.2. The molecule has 0 amide bonds. The first-order valence-electron chi connectivity index (χ1n) is 18.2. The molecule has 0 N–H and O–H groups in total. The molecule has 0 aliphatic heterocycles. The minimum Gasteiger partial charge on any atom is -0.236 e. The van der Waals surface area contributed by atoms with Gasteiger partial charge in [0.25, 0.3) is 0 Å². The minimum absolute atomic E-state index is 1.02. The van der Waals surface area contributed by atoms with Crippen LogP contribution in [0.4, 0.5) is 0 Å². The van der Waals surface area contributed by atoms with Crippen LogP contribution in [0.2, 0.25) is 0 Å². The fraction of sp³-hybridized carbons (Fsp3) is 0. The third-order valence-electron chi connectivity index (χ3n) is 11.1. The first kappa shape index (κ1) is 30.0. The summed E-state index contributed by atoms with van der Waals surface area (Å²) in [6.07, 6.45) is 0. The number of fused-ring (bicyclic) bond motifs is 14. The van der Waals surface area contributed by atoms with Gasteiger partial charge in [0.15, 0.2) is 0 Å². The van der Waals surface area contributed by atoms with Crippen LogP contribution in [0, 0.1) is 0 Å². The van der Waals surface area contributed by atoms with Crippen LogP contribution < -0.4 is 0 Å². The fourth-order valence-electron chi connectivity index (χ4n) is 8.54. The van der Waals surface area contributed by atoms with E-state index in [1.807, 2.05) is 0 Å². The van der Waals surface area contributed by atoms with Gasteiger partial charge in [-0.3, -0.25) is 0 Å². The van der Waals surface area contributed by atoms with E-state index in [0.29, 0.717) is 0 Å². The van der Waals surface area contributed by atoms with Crippen LogP contribution in [0.1, 0.15) is 0 Å². The Morgan fingerprint density at radius 3 is 1.02 bits per heavy atom. The normalized spacial score (nSPS) is 12.1. The van der Waals surface area contributed by atoms with Gasteiger partial charge in [-0.15, -0.1) is 22.7 Å². The van der Waals surface area contributed by atoms with E-state index in [0.717, 1.165) is 32.2 Å². The Balaban J connectivity index is 0.920. The molecule has 12 rings (SSSR count). The first-order chi connectivity index (χ1) is 26.7. The predicted octanol–water partition coefficient (Wildman–Crippen LogP) is 14.8. The van der Waals surface area contributed by atoms with Crippen molar-refractivity contribution >= 4 is 108 Å². The van der Waals surface area contributed by atoms with Crippen molar-refractivity contribution in [2.24, 2.45) is 0 Å². The molecule has 2 nitrogen and oxygen atoms in total. The van der Waals surface area contributed by atoms with E-state index in [-0.39, 0.29) is 0 Å². The number of benzene rings is 10. The molecule has 0 saturated heterocycles. The molecule has 0 aliphatic rings. The van der Waals surface area contributed by atoms with Crippen LogP contribution in [0.15, 0.2) is 170 Å². The van der Waals surface area contributed by atoms with Crippen LogP contribution in [0.25, 0.3) is 117 Å². The van der Waals surface area contributed by atoms with Crippen molar-refractivity contribution in [1.82, 2.24) is 9.97 Å². The number of hydrogen-bond acceptors (Lipinski definition) is 4. The highest BCUT2D eigenvalue weighted by Crippen LogP contribution is 2.41. The zero-order valence-electron chi connectivity index (χ0n) is 28.9. The van der Waals surface area contributed by atoms with E-state index < -0.39 is 0 Å². The zero-order valence-corrected chi connectivity index (χ0v) is 30.5. The van der Waals surface area contributed by atoms with E-state index in [2.05, 4.69) is 170 Å². The molecule has 54 heavy (non-hydrogen) atoms. The predicted molar refractivity (Wildman–Crippen MR) is 234 cm³/mol. The van der Waals surface area contributed by atoms with E-state index in [4.69, 9.17) is 9.97 Å². The van der Waals surface area contributed by atoms with Gasteiger partial charge in [0.1, 0.15) is 10.0 Å². The average molecular weight is 721 g/mol. The van der Waals surface area contributed by atoms with Crippen molar-refractivity contribution in [2.75, 3.05) is 0 Å². The highest BCUT2D eigenvalue weighted by Gasteiger charge is 2.15. The van der Waals surface area contributed by atoms with E-state index in [1.165, 1.54) is 85.2 Å². The molecular formula is C50H28N2S2. The van der Waals surface area contributed by atoms with Gasteiger partial charge in [0, 0.05) is 11.1 Å². The van der Waals surface area contributed by atoms with E-state index in [1.54, 1.807) is 22.7 Å². The molecule has 250 valence electrons. The molecule has 2 aromatic heterocycles. The Labute approximate surface area is 318 Å².